The number of thioether (sulfide) groups is 1. The summed E-state index contributed by atoms with van der Waals surface area (Å²) in [5.74, 6) is 2.66. The highest BCUT2D eigenvalue weighted by molar-refractivity contribution is 7.99. The van der Waals surface area contributed by atoms with Gasteiger partial charge in [0.2, 0.25) is 0 Å². The van der Waals surface area contributed by atoms with E-state index in [-0.39, 0.29) is 0 Å². The molecule has 1 aliphatic heterocycles. The molecule has 0 aromatic heterocycles. The molecule has 1 aromatic carbocycles. The Hall–Kier alpha value is -0.470. The molecule has 2 aliphatic rings. The van der Waals surface area contributed by atoms with E-state index >= 15 is 0 Å². The Morgan fingerprint density at radius 1 is 1.35 bits per heavy atom. The van der Waals surface area contributed by atoms with Gasteiger partial charge >= 0.3 is 0 Å². The second-order valence-electron chi connectivity index (χ2n) is 5.59. The van der Waals surface area contributed by atoms with Crippen molar-refractivity contribution in [2.24, 2.45) is 0 Å². The van der Waals surface area contributed by atoms with E-state index in [4.69, 9.17) is 0 Å². The molecule has 1 saturated carbocycles. The van der Waals surface area contributed by atoms with Gasteiger partial charge in [0.25, 0.3) is 0 Å². The number of hydrogen-bond donors (Lipinski definition) is 1. The number of hydrogen-bond acceptors (Lipinski definition) is 2. The molecule has 1 N–H and O–H groups in total. The Labute approximate surface area is 108 Å². The first-order valence-electron chi connectivity index (χ1n) is 6.67. The number of rotatable bonds is 4. The van der Waals surface area contributed by atoms with E-state index in [1.54, 1.807) is 0 Å². The Morgan fingerprint density at radius 3 is 2.82 bits per heavy atom. The molecule has 1 nitrogen and oxygen atoms in total. The minimum atomic E-state index is 0.446. The maximum Gasteiger partial charge on any atom is 0.0226 e. The van der Waals surface area contributed by atoms with Crippen LogP contribution in [0.5, 0.6) is 0 Å². The van der Waals surface area contributed by atoms with Crippen molar-refractivity contribution >= 4 is 11.8 Å². The van der Waals surface area contributed by atoms with Gasteiger partial charge in [-0.3, -0.25) is 0 Å². The van der Waals surface area contributed by atoms with E-state index in [9.17, 15) is 0 Å². The second-order valence-corrected chi connectivity index (χ2v) is 6.74. The van der Waals surface area contributed by atoms with Gasteiger partial charge in [0.05, 0.1) is 0 Å². The van der Waals surface area contributed by atoms with Crippen molar-refractivity contribution in [1.82, 2.24) is 5.32 Å². The number of benzene rings is 1. The quantitative estimate of drug-likeness (QED) is 0.877. The summed E-state index contributed by atoms with van der Waals surface area (Å²) in [6.07, 6.45) is 5.31. The summed E-state index contributed by atoms with van der Waals surface area (Å²) < 4.78 is 0. The normalized spacial score (nSPS) is 26.1. The highest BCUT2D eigenvalue weighted by atomic mass is 32.2. The molecule has 92 valence electrons. The molecule has 1 atom stereocenters. The number of nitrogens with one attached hydrogen (secondary N) is 1. The van der Waals surface area contributed by atoms with Crippen molar-refractivity contribution < 1.29 is 0 Å². The van der Waals surface area contributed by atoms with Crippen molar-refractivity contribution in [3.63, 3.8) is 0 Å². The summed E-state index contributed by atoms with van der Waals surface area (Å²) in [5, 5.41) is 3.92. The Balaban J connectivity index is 1.66. The van der Waals surface area contributed by atoms with Gasteiger partial charge < -0.3 is 5.32 Å². The molecule has 2 fully saturated rings. The Bertz CT molecular complexity index is 392. The third-order valence-corrected chi connectivity index (χ3v) is 5.25. The summed E-state index contributed by atoms with van der Waals surface area (Å²) in [6, 6.07) is 9.60. The van der Waals surface area contributed by atoms with Crippen molar-refractivity contribution in [3.8, 4) is 0 Å². The molecule has 1 saturated heterocycles. The summed E-state index contributed by atoms with van der Waals surface area (Å²) >= 11 is 2.10. The fraction of sp³-hybridized carbons (Fsp3) is 0.600. The molecular weight excluding hydrogens is 226 g/mol. The highest BCUT2D eigenvalue weighted by Gasteiger charge is 2.44. The molecule has 2 heteroatoms. The van der Waals surface area contributed by atoms with Gasteiger partial charge in [-0.15, -0.1) is 0 Å². The maximum atomic E-state index is 3.92. The van der Waals surface area contributed by atoms with E-state index in [1.807, 2.05) is 0 Å². The van der Waals surface area contributed by atoms with E-state index in [1.165, 1.54) is 48.3 Å². The molecule has 1 aliphatic carbocycles. The van der Waals surface area contributed by atoms with Gasteiger partial charge in [0.1, 0.15) is 0 Å². The van der Waals surface area contributed by atoms with Crippen molar-refractivity contribution in [3.05, 3.63) is 35.4 Å². The highest BCUT2D eigenvalue weighted by Crippen LogP contribution is 2.40. The van der Waals surface area contributed by atoms with Gasteiger partial charge in [0.15, 0.2) is 0 Å². The van der Waals surface area contributed by atoms with Gasteiger partial charge in [-0.05, 0) is 49.5 Å². The summed E-state index contributed by atoms with van der Waals surface area (Å²) in [5.41, 5.74) is 3.42. The summed E-state index contributed by atoms with van der Waals surface area (Å²) in [6.45, 7) is 2.23. The summed E-state index contributed by atoms with van der Waals surface area (Å²) in [7, 11) is 0. The first-order valence-corrected chi connectivity index (χ1v) is 7.83. The third kappa shape index (κ3) is 2.69. The predicted molar refractivity (Wildman–Crippen MR) is 75.7 cm³/mol. The molecule has 0 amide bonds. The van der Waals surface area contributed by atoms with Crippen molar-refractivity contribution in [2.75, 3.05) is 11.5 Å². The molecule has 0 spiro atoms. The van der Waals surface area contributed by atoms with E-state index < -0.39 is 0 Å². The Kier molecular flexibility index (Phi) is 3.18. The molecule has 0 unspecified atom stereocenters. The molecule has 0 radical (unpaired) electrons. The van der Waals surface area contributed by atoms with Crippen LogP contribution in [0.25, 0.3) is 0 Å². The van der Waals surface area contributed by atoms with E-state index in [2.05, 4.69) is 48.3 Å². The first kappa shape index (κ1) is 11.6. The SMILES string of the molecule is Cc1ccccc1CC1(N[C@H]2CCSC2)CC1. The van der Waals surface area contributed by atoms with Crippen LogP contribution in [0.15, 0.2) is 24.3 Å². The fourth-order valence-corrected chi connectivity index (χ4v) is 3.93. The van der Waals surface area contributed by atoms with Crippen molar-refractivity contribution in [2.45, 2.75) is 44.2 Å². The van der Waals surface area contributed by atoms with E-state index in [0.717, 1.165) is 6.04 Å². The standard InChI is InChI=1S/C15H21NS/c1-12-4-2-3-5-13(12)10-15(7-8-15)16-14-6-9-17-11-14/h2-5,14,16H,6-11H2,1H3/t14-/m0/s1. The van der Waals surface area contributed by atoms with Crippen LogP contribution in [-0.2, 0) is 6.42 Å². The van der Waals surface area contributed by atoms with Crippen LogP contribution in [0.4, 0.5) is 0 Å². The average molecular weight is 247 g/mol. The monoisotopic (exact) mass is 247 g/mol. The first-order chi connectivity index (χ1) is 8.27. The molecule has 1 aromatic rings. The molecule has 1 heterocycles. The van der Waals surface area contributed by atoms with Crippen LogP contribution in [0.2, 0.25) is 0 Å². The lowest BCUT2D eigenvalue weighted by atomic mass is 9.99. The van der Waals surface area contributed by atoms with Gasteiger partial charge in [-0.1, -0.05) is 24.3 Å². The minimum Gasteiger partial charge on any atom is -0.307 e. The van der Waals surface area contributed by atoms with Crippen LogP contribution in [-0.4, -0.2) is 23.1 Å². The molecule has 17 heavy (non-hydrogen) atoms. The van der Waals surface area contributed by atoms with Crippen LogP contribution in [0.1, 0.15) is 30.4 Å². The zero-order chi connectivity index (χ0) is 11.7. The maximum absolute atomic E-state index is 3.92. The topological polar surface area (TPSA) is 12.0 Å². The predicted octanol–water partition coefficient (Wildman–Crippen LogP) is 3.17. The minimum absolute atomic E-state index is 0.446. The lowest BCUT2D eigenvalue weighted by Gasteiger charge is -2.22. The zero-order valence-corrected chi connectivity index (χ0v) is 11.4. The fourth-order valence-electron chi connectivity index (χ4n) is 2.78. The third-order valence-electron chi connectivity index (χ3n) is 4.08. The number of aryl methyl sites for hydroxylation is 1. The van der Waals surface area contributed by atoms with Gasteiger partial charge in [-0.25, -0.2) is 0 Å². The second kappa shape index (κ2) is 4.66. The van der Waals surface area contributed by atoms with E-state index in [0.29, 0.717) is 5.54 Å². The van der Waals surface area contributed by atoms with Crippen LogP contribution < -0.4 is 5.32 Å². The lowest BCUT2D eigenvalue weighted by molar-refractivity contribution is 0.430. The Morgan fingerprint density at radius 2 is 2.18 bits per heavy atom. The zero-order valence-electron chi connectivity index (χ0n) is 10.5. The molecular formula is C15H21NS. The van der Waals surface area contributed by atoms with Gasteiger partial charge in [-0.2, -0.15) is 11.8 Å². The van der Waals surface area contributed by atoms with Gasteiger partial charge in [0, 0.05) is 17.3 Å². The smallest absolute Gasteiger partial charge is 0.0226 e. The lowest BCUT2D eigenvalue weighted by Crippen LogP contribution is -2.41. The van der Waals surface area contributed by atoms with Crippen LogP contribution >= 0.6 is 11.8 Å². The van der Waals surface area contributed by atoms with Crippen LogP contribution in [0, 0.1) is 6.92 Å². The largest absolute Gasteiger partial charge is 0.307 e. The molecule has 0 bridgehead atoms. The van der Waals surface area contributed by atoms with Crippen molar-refractivity contribution in [1.29, 1.82) is 0 Å². The van der Waals surface area contributed by atoms with Crippen LogP contribution in [0.3, 0.4) is 0 Å². The summed E-state index contributed by atoms with van der Waals surface area (Å²) in [4.78, 5) is 0. The average Bonchev–Trinajstić information content (AvgIpc) is 2.87. The molecule has 3 rings (SSSR count).